The van der Waals surface area contributed by atoms with Gasteiger partial charge in [0, 0.05) is 25.2 Å². The number of amides is 3. The second-order valence-electron chi connectivity index (χ2n) is 8.89. The number of ether oxygens (including phenoxy) is 1. The summed E-state index contributed by atoms with van der Waals surface area (Å²) in [5.41, 5.74) is 4.87. The monoisotopic (exact) mass is 500 g/mol. The van der Waals surface area contributed by atoms with E-state index >= 15 is 0 Å². The molecule has 0 bridgehead atoms. The number of carbonyl (C=O) groups excluding carboxylic acids is 4. The summed E-state index contributed by atoms with van der Waals surface area (Å²) >= 11 is 0. The first-order valence-corrected chi connectivity index (χ1v) is 11.9. The summed E-state index contributed by atoms with van der Waals surface area (Å²) in [7, 11) is 0. The molecule has 0 aromatic heterocycles. The maximum Gasteiger partial charge on any atom is 0.407 e. The molecule has 9 nitrogen and oxygen atoms in total. The smallest absolute Gasteiger partial charge is 0.407 e. The summed E-state index contributed by atoms with van der Waals surface area (Å²) in [6, 6.07) is 20.6. The number of carbonyl (C=O) groups is 4. The van der Waals surface area contributed by atoms with E-state index in [1.807, 2.05) is 48.5 Å². The second-order valence-corrected chi connectivity index (χ2v) is 8.89. The summed E-state index contributed by atoms with van der Waals surface area (Å²) < 4.78 is 5.54. The van der Waals surface area contributed by atoms with Crippen molar-refractivity contribution >= 4 is 23.9 Å². The van der Waals surface area contributed by atoms with E-state index in [0.29, 0.717) is 10.6 Å². The quantitative estimate of drug-likeness (QED) is 0.477. The number of hydrogen-bond acceptors (Lipinski definition) is 7. The first kappa shape index (κ1) is 24.1. The standard InChI is InChI=1S/C28H24N2O7/c31-18-11-9-17(10-12-18)15-24(27(34)37-30-25(32)13-14-26(30)33)29-28(35)36-16-23-21-7-3-1-5-19(21)20-6-2-4-8-22(20)23/h1-12,23-24,31H,13-16H2,(H,29,35)/t24-/m1/s1. The highest BCUT2D eigenvalue weighted by Crippen LogP contribution is 2.44. The van der Waals surface area contributed by atoms with Gasteiger partial charge >= 0.3 is 12.1 Å². The van der Waals surface area contributed by atoms with Crippen LogP contribution in [-0.4, -0.2) is 46.7 Å². The highest BCUT2D eigenvalue weighted by molar-refractivity contribution is 6.02. The summed E-state index contributed by atoms with van der Waals surface area (Å²) in [6.07, 6.45) is -0.954. The number of phenolic OH excluding ortho intramolecular Hbond substituents is 1. The van der Waals surface area contributed by atoms with E-state index < -0.39 is 29.9 Å². The van der Waals surface area contributed by atoms with Gasteiger partial charge in [0.25, 0.3) is 11.8 Å². The van der Waals surface area contributed by atoms with E-state index in [1.165, 1.54) is 12.1 Å². The lowest BCUT2D eigenvalue weighted by Crippen LogP contribution is -2.46. The Labute approximate surface area is 212 Å². The van der Waals surface area contributed by atoms with E-state index in [9.17, 15) is 24.3 Å². The van der Waals surface area contributed by atoms with Gasteiger partial charge in [-0.25, -0.2) is 9.59 Å². The van der Waals surface area contributed by atoms with Crippen molar-refractivity contribution in [1.29, 1.82) is 0 Å². The number of hydroxylamine groups is 2. The minimum atomic E-state index is -1.25. The third-order valence-electron chi connectivity index (χ3n) is 6.48. The van der Waals surface area contributed by atoms with Gasteiger partial charge in [0.1, 0.15) is 18.4 Å². The molecular weight excluding hydrogens is 476 g/mol. The van der Waals surface area contributed by atoms with Crippen LogP contribution in [0.5, 0.6) is 5.75 Å². The SMILES string of the molecule is O=C(N[C@H](Cc1ccc(O)cc1)C(=O)ON1C(=O)CCC1=O)OCC1c2ccccc2-c2ccccc21. The van der Waals surface area contributed by atoms with Gasteiger partial charge in [-0.15, -0.1) is 5.06 Å². The molecular formula is C28H24N2O7. The van der Waals surface area contributed by atoms with Gasteiger partial charge in [-0.1, -0.05) is 60.7 Å². The molecule has 2 N–H and O–H groups in total. The van der Waals surface area contributed by atoms with Crippen molar-refractivity contribution in [3.05, 3.63) is 89.5 Å². The lowest BCUT2D eigenvalue weighted by Gasteiger charge is -2.21. The van der Waals surface area contributed by atoms with Crippen molar-refractivity contribution < 1.29 is 33.9 Å². The van der Waals surface area contributed by atoms with Crippen LogP contribution in [0.2, 0.25) is 0 Å². The zero-order valence-corrected chi connectivity index (χ0v) is 19.8. The number of fused-ring (bicyclic) bond motifs is 3. The first-order valence-electron chi connectivity index (χ1n) is 11.9. The Morgan fingerprint density at radius 3 is 2.05 bits per heavy atom. The van der Waals surface area contributed by atoms with Crippen molar-refractivity contribution in [3.8, 4) is 16.9 Å². The molecule has 0 spiro atoms. The lowest BCUT2D eigenvalue weighted by molar-refractivity contribution is -0.198. The molecule has 0 saturated carbocycles. The molecule has 37 heavy (non-hydrogen) atoms. The molecule has 1 heterocycles. The zero-order valence-electron chi connectivity index (χ0n) is 19.8. The van der Waals surface area contributed by atoms with E-state index in [4.69, 9.17) is 9.57 Å². The number of phenols is 1. The number of rotatable bonds is 7. The van der Waals surface area contributed by atoms with Crippen LogP contribution >= 0.6 is 0 Å². The van der Waals surface area contributed by atoms with Gasteiger partial charge in [0.2, 0.25) is 0 Å². The maximum absolute atomic E-state index is 12.9. The van der Waals surface area contributed by atoms with Gasteiger partial charge in [-0.05, 0) is 39.9 Å². The second kappa shape index (κ2) is 10.1. The first-order chi connectivity index (χ1) is 17.9. The third kappa shape index (κ3) is 5.02. The molecule has 3 amide bonds. The fourth-order valence-electron chi connectivity index (χ4n) is 4.65. The summed E-state index contributed by atoms with van der Waals surface area (Å²) in [4.78, 5) is 54.6. The topological polar surface area (TPSA) is 122 Å². The van der Waals surface area contributed by atoms with Gasteiger partial charge in [-0.3, -0.25) is 9.59 Å². The Morgan fingerprint density at radius 2 is 1.46 bits per heavy atom. The van der Waals surface area contributed by atoms with E-state index in [-0.39, 0.29) is 37.5 Å². The van der Waals surface area contributed by atoms with Crippen LogP contribution in [0.4, 0.5) is 4.79 Å². The van der Waals surface area contributed by atoms with Crippen LogP contribution in [0.1, 0.15) is 35.4 Å². The van der Waals surface area contributed by atoms with Crippen LogP contribution in [0.25, 0.3) is 11.1 Å². The molecule has 1 atom stereocenters. The minimum absolute atomic E-state index is 0.0144. The fourth-order valence-corrected chi connectivity index (χ4v) is 4.65. The largest absolute Gasteiger partial charge is 0.508 e. The normalized spacial score (nSPS) is 15.2. The Kier molecular flexibility index (Phi) is 6.59. The van der Waals surface area contributed by atoms with Crippen molar-refractivity contribution in [3.63, 3.8) is 0 Å². The van der Waals surface area contributed by atoms with E-state index in [2.05, 4.69) is 5.32 Å². The molecule has 1 saturated heterocycles. The van der Waals surface area contributed by atoms with Crippen LogP contribution in [0.3, 0.4) is 0 Å². The number of alkyl carbamates (subject to hydrolysis) is 1. The minimum Gasteiger partial charge on any atom is -0.508 e. The molecule has 3 aromatic rings. The van der Waals surface area contributed by atoms with Crippen molar-refractivity contribution in [2.45, 2.75) is 31.2 Å². The molecule has 1 fully saturated rings. The molecule has 0 radical (unpaired) electrons. The Hall–Kier alpha value is -4.66. The highest BCUT2D eigenvalue weighted by atomic mass is 16.7. The number of hydrogen-bond donors (Lipinski definition) is 2. The van der Waals surface area contributed by atoms with Crippen LogP contribution in [-0.2, 0) is 30.4 Å². The summed E-state index contributed by atoms with van der Waals surface area (Å²) in [5.74, 6) is -2.35. The van der Waals surface area contributed by atoms with Crippen LogP contribution < -0.4 is 5.32 Å². The van der Waals surface area contributed by atoms with Gasteiger partial charge in [0.05, 0.1) is 0 Å². The lowest BCUT2D eigenvalue weighted by atomic mass is 9.98. The average Bonchev–Trinajstić information content (AvgIpc) is 3.40. The van der Waals surface area contributed by atoms with E-state index in [1.54, 1.807) is 12.1 Å². The number of imide groups is 1. The molecule has 9 heteroatoms. The number of benzene rings is 3. The van der Waals surface area contributed by atoms with Crippen LogP contribution in [0.15, 0.2) is 72.8 Å². The molecule has 1 aliphatic heterocycles. The van der Waals surface area contributed by atoms with Gasteiger partial charge in [-0.2, -0.15) is 0 Å². The predicted molar refractivity (Wildman–Crippen MR) is 131 cm³/mol. The summed E-state index contributed by atoms with van der Waals surface area (Å²) in [5, 5.41) is 12.5. The molecule has 2 aliphatic rings. The Bertz CT molecular complexity index is 1310. The van der Waals surface area contributed by atoms with Crippen molar-refractivity contribution in [1.82, 2.24) is 10.4 Å². The average molecular weight is 501 g/mol. The zero-order chi connectivity index (χ0) is 25.9. The van der Waals surface area contributed by atoms with Crippen molar-refractivity contribution in [2.75, 3.05) is 6.61 Å². The summed E-state index contributed by atoms with van der Waals surface area (Å²) in [6.45, 7) is 0.0456. The third-order valence-corrected chi connectivity index (χ3v) is 6.48. The number of aromatic hydroxyl groups is 1. The van der Waals surface area contributed by atoms with Gasteiger partial charge in [0.15, 0.2) is 0 Å². The molecule has 1 aliphatic carbocycles. The Morgan fingerprint density at radius 1 is 0.892 bits per heavy atom. The highest BCUT2D eigenvalue weighted by Gasteiger charge is 2.36. The van der Waals surface area contributed by atoms with Gasteiger partial charge < -0.3 is 20.0 Å². The number of nitrogens with one attached hydrogen (secondary N) is 1. The molecule has 188 valence electrons. The van der Waals surface area contributed by atoms with Crippen molar-refractivity contribution in [2.24, 2.45) is 0 Å². The maximum atomic E-state index is 12.9. The molecule has 5 rings (SSSR count). The molecule has 0 unspecified atom stereocenters. The fraction of sp³-hybridized carbons (Fsp3) is 0.214. The van der Waals surface area contributed by atoms with Crippen LogP contribution in [0, 0.1) is 0 Å². The Balaban J connectivity index is 1.29. The number of nitrogens with zero attached hydrogens (tertiary/aromatic N) is 1. The molecule has 3 aromatic carbocycles. The predicted octanol–water partition coefficient (Wildman–Crippen LogP) is 3.45. The van der Waals surface area contributed by atoms with E-state index in [0.717, 1.165) is 22.3 Å².